The number of amides is 1. The number of nitriles is 1. The number of anilines is 1. The van der Waals surface area contributed by atoms with Gasteiger partial charge in [-0.1, -0.05) is 126 Å². The lowest BCUT2D eigenvalue weighted by Gasteiger charge is -2.44. The lowest BCUT2D eigenvalue weighted by Crippen LogP contribution is -2.54. The van der Waals surface area contributed by atoms with E-state index in [1.807, 2.05) is 102 Å². The smallest absolute Gasteiger partial charge is 0.232 e. The molecule has 7 rings (SSSR count). The number of rotatable bonds is 19. The summed E-state index contributed by atoms with van der Waals surface area (Å²) in [5.41, 5.74) is 3.36. The second-order valence-corrected chi connectivity index (χ2v) is 31.3. The monoisotopic (exact) mass is 1000 g/mol. The summed E-state index contributed by atoms with van der Waals surface area (Å²) < 4.78 is 43.4. The van der Waals surface area contributed by atoms with Crippen LogP contribution in [0.25, 0.3) is 11.2 Å². The highest BCUT2D eigenvalue weighted by molar-refractivity contribution is 7.99. The summed E-state index contributed by atoms with van der Waals surface area (Å²) in [7, 11) is -1.85. The van der Waals surface area contributed by atoms with E-state index in [-0.39, 0.29) is 35.0 Å². The van der Waals surface area contributed by atoms with Gasteiger partial charge in [-0.3, -0.25) is 14.7 Å². The van der Waals surface area contributed by atoms with Crippen LogP contribution in [-0.2, 0) is 35.1 Å². The molecule has 16 heteroatoms. The first-order valence-electron chi connectivity index (χ1n) is 23.8. The van der Waals surface area contributed by atoms with Crippen molar-refractivity contribution < 1.29 is 32.6 Å². The number of methoxy groups -OCH3 is 2. The molecule has 370 valence electrons. The predicted octanol–water partition coefficient (Wildman–Crippen LogP) is 11.7. The largest absolute Gasteiger partial charge is 0.497 e. The number of fused-ring (bicyclic) bond motifs is 1. The summed E-state index contributed by atoms with van der Waals surface area (Å²) in [6.07, 6.45) is -0.613. The molecule has 1 aliphatic heterocycles. The maximum Gasteiger partial charge on any atom is 0.232 e. The predicted molar refractivity (Wildman–Crippen MR) is 281 cm³/mol. The SMILES string of the molecule is COc1ccc(C(OC[C@H]2O[C@@H](n3cnc4c(SCCC#N)nc(NC(=O)Cc5ccccc5)nc43)[C@H](O[Si](C)(C)C(C)(C)C)[C@@H]2O[Si](C)(C)C(C)(C)C)(c2ccccc2)c2ccc(OC)cc2)cc1. The Morgan fingerprint density at radius 3 is 1.81 bits per heavy atom. The Balaban J connectivity index is 1.40. The fraction of sp³-hybridized carbons (Fsp3) is 0.426. The number of aromatic nitrogens is 4. The zero-order valence-corrected chi connectivity index (χ0v) is 45.4. The molecule has 4 atom stereocenters. The molecule has 1 amide bonds. The minimum atomic E-state index is -2.59. The van der Waals surface area contributed by atoms with Crippen LogP contribution in [0.15, 0.2) is 121 Å². The number of carbonyl (C=O) groups excluding carboxylic acids is 1. The number of nitrogens with zero attached hydrogens (tertiary/aromatic N) is 5. The number of nitrogens with one attached hydrogen (secondary N) is 1. The van der Waals surface area contributed by atoms with Crippen LogP contribution >= 0.6 is 11.8 Å². The molecule has 1 saturated heterocycles. The molecule has 0 spiro atoms. The van der Waals surface area contributed by atoms with Gasteiger partial charge < -0.3 is 27.8 Å². The van der Waals surface area contributed by atoms with E-state index < -0.39 is 46.8 Å². The molecule has 3 heterocycles. The second kappa shape index (κ2) is 21.5. The van der Waals surface area contributed by atoms with E-state index in [4.69, 9.17) is 42.8 Å². The van der Waals surface area contributed by atoms with E-state index in [0.717, 1.165) is 33.8 Å². The number of ether oxygens (including phenoxy) is 4. The van der Waals surface area contributed by atoms with Gasteiger partial charge in [0.25, 0.3) is 0 Å². The molecule has 1 N–H and O–H groups in total. The van der Waals surface area contributed by atoms with Gasteiger partial charge in [0.15, 0.2) is 28.5 Å². The fourth-order valence-electron chi connectivity index (χ4n) is 8.03. The average Bonchev–Trinajstić information content (AvgIpc) is 3.89. The van der Waals surface area contributed by atoms with Crippen LogP contribution in [0.1, 0.15) is 76.4 Å². The Bertz CT molecular complexity index is 2690. The van der Waals surface area contributed by atoms with E-state index in [2.05, 4.69) is 91.2 Å². The van der Waals surface area contributed by atoms with Gasteiger partial charge in [-0.05, 0) is 82.8 Å². The van der Waals surface area contributed by atoms with Crippen LogP contribution in [0.2, 0.25) is 36.3 Å². The van der Waals surface area contributed by atoms with Crippen molar-refractivity contribution in [1.82, 2.24) is 19.5 Å². The van der Waals surface area contributed by atoms with Crippen molar-refractivity contribution in [3.05, 3.63) is 138 Å². The molecule has 0 unspecified atom stereocenters. The van der Waals surface area contributed by atoms with Crippen LogP contribution < -0.4 is 14.8 Å². The van der Waals surface area contributed by atoms with Crippen LogP contribution in [0.3, 0.4) is 0 Å². The highest BCUT2D eigenvalue weighted by Crippen LogP contribution is 2.48. The third-order valence-electron chi connectivity index (χ3n) is 14.0. The molecule has 0 aliphatic carbocycles. The quantitative estimate of drug-likeness (QED) is 0.0270. The van der Waals surface area contributed by atoms with Crippen molar-refractivity contribution in [3.8, 4) is 17.6 Å². The van der Waals surface area contributed by atoms with Gasteiger partial charge in [0.2, 0.25) is 11.9 Å². The molecule has 0 saturated carbocycles. The molecule has 1 fully saturated rings. The molecule has 6 aromatic rings. The summed E-state index contributed by atoms with van der Waals surface area (Å²) in [4.78, 5) is 28.3. The minimum absolute atomic E-state index is 0.0811. The zero-order valence-electron chi connectivity index (χ0n) is 42.6. The normalized spacial score (nSPS) is 17.9. The maximum absolute atomic E-state index is 13.6. The Kier molecular flexibility index (Phi) is 16.1. The molecule has 4 aromatic carbocycles. The molecular formula is C54H68N6O7SSi2. The van der Waals surface area contributed by atoms with Crippen molar-refractivity contribution in [2.75, 3.05) is 31.9 Å². The summed E-state index contributed by atoms with van der Waals surface area (Å²) in [5.74, 6) is 1.76. The number of thioether (sulfide) groups is 1. The Morgan fingerprint density at radius 1 is 0.757 bits per heavy atom. The van der Waals surface area contributed by atoms with Crippen LogP contribution in [0.5, 0.6) is 11.5 Å². The Hall–Kier alpha value is -5.39. The molecule has 13 nitrogen and oxygen atoms in total. The lowest BCUT2D eigenvalue weighted by molar-refractivity contribution is -0.115. The van der Waals surface area contributed by atoms with Gasteiger partial charge in [0, 0.05) is 12.2 Å². The van der Waals surface area contributed by atoms with Gasteiger partial charge in [0.05, 0.1) is 39.6 Å². The first-order valence-corrected chi connectivity index (χ1v) is 30.6. The fourth-order valence-corrected chi connectivity index (χ4v) is 11.4. The van der Waals surface area contributed by atoms with Gasteiger partial charge in [0.1, 0.15) is 46.0 Å². The van der Waals surface area contributed by atoms with Gasteiger partial charge in [-0.2, -0.15) is 10.2 Å². The maximum atomic E-state index is 13.6. The van der Waals surface area contributed by atoms with E-state index in [0.29, 0.717) is 28.4 Å². The number of benzene rings is 4. The Morgan fingerprint density at radius 2 is 1.29 bits per heavy atom. The summed E-state index contributed by atoms with van der Waals surface area (Å²) in [6.45, 7) is 22.4. The number of hydrogen-bond acceptors (Lipinski definition) is 12. The first-order chi connectivity index (χ1) is 33.2. The van der Waals surface area contributed by atoms with Gasteiger partial charge in [-0.25, -0.2) is 9.97 Å². The molecule has 1 aliphatic rings. The second-order valence-electron chi connectivity index (χ2n) is 20.7. The molecular weight excluding hydrogens is 933 g/mol. The van der Waals surface area contributed by atoms with Gasteiger partial charge >= 0.3 is 0 Å². The summed E-state index contributed by atoms with van der Waals surface area (Å²) in [5, 5.41) is 12.6. The molecule has 70 heavy (non-hydrogen) atoms. The molecule has 0 radical (unpaired) electrons. The zero-order chi connectivity index (χ0) is 50.5. The summed E-state index contributed by atoms with van der Waals surface area (Å²) in [6, 6.07) is 37.9. The average molecular weight is 1000 g/mol. The third kappa shape index (κ3) is 11.4. The Labute approximate surface area is 419 Å². The van der Waals surface area contributed by atoms with Crippen molar-refractivity contribution in [2.45, 2.75) is 126 Å². The van der Waals surface area contributed by atoms with E-state index in [9.17, 15) is 10.1 Å². The number of imidazole rings is 1. The minimum Gasteiger partial charge on any atom is -0.497 e. The number of hydrogen-bond donors (Lipinski definition) is 1. The highest BCUT2D eigenvalue weighted by atomic mass is 32.2. The van der Waals surface area contributed by atoms with Crippen LogP contribution in [0, 0.1) is 11.3 Å². The van der Waals surface area contributed by atoms with E-state index in [1.165, 1.54) is 11.8 Å². The first kappa shape index (κ1) is 52.4. The van der Waals surface area contributed by atoms with Crippen molar-refractivity contribution in [3.63, 3.8) is 0 Å². The van der Waals surface area contributed by atoms with Crippen LogP contribution in [0.4, 0.5) is 5.95 Å². The molecule has 0 bridgehead atoms. The van der Waals surface area contributed by atoms with Gasteiger partial charge in [-0.15, -0.1) is 11.8 Å². The topological polar surface area (TPSA) is 152 Å². The van der Waals surface area contributed by atoms with Crippen molar-refractivity contribution >= 4 is 51.4 Å². The number of carbonyl (C=O) groups is 1. The lowest BCUT2D eigenvalue weighted by atomic mass is 9.80. The van der Waals surface area contributed by atoms with Crippen LogP contribution in [-0.4, -0.2) is 87.0 Å². The standard InChI is InChI=1S/C54H68N6O7SSi2/c1-52(2,3)69(9,10)66-46-43(35-64-54(38-22-17-14-18-23-38,39-24-28-41(62-7)29-25-39)40-26-30-42(63-8)31-27-40)65-50(47(46)67-70(11,12)53(4,5)6)60-36-56-45-48(60)58-51(59-49(45)68-33-19-32-55)57-44(61)34-37-20-15-13-16-21-37/h13-18,20-31,36,43,46-47,50H,19,33-35H2,1-12H3,(H,57,58,59,61)/t43-,46-,47-,50-/m1/s1. The third-order valence-corrected chi connectivity index (χ3v) is 23.9. The van der Waals surface area contributed by atoms with Crippen molar-refractivity contribution in [2.24, 2.45) is 0 Å². The van der Waals surface area contributed by atoms with E-state index in [1.54, 1.807) is 20.5 Å². The van der Waals surface area contributed by atoms with Crippen molar-refractivity contribution in [1.29, 1.82) is 5.26 Å². The highest BCUT2D eigenvalue weighted by Gasteiger charge is 2.55. The van der Waals surface area contributed by atoms with E-state index >= 15 is 0 Å². The summed E-state index contributed by atoms with van der Waals surface area (Å²) >= 11 is 1.39. The molecule has 2 aromatic heterocycles.